The van der Waals surface area contributed by atoms with Crippen molar-refractivity contribution < 1.29 is 0 Å². The number of hydrogen-bond acceptors (Lipinski definition) is 6. The molecule has 0 fully saturated rings. The number of aliphatic imine (C=N–C) groups is 1. The van der Waals surface area contributed by atoms with Crippen molar-refractivity contribution >= 4 is 28.8 Å². The molecule has 35 heavy (non-hydrogen) atoms. The van der Waals surface area contributed by atoms with Gasteiger partial charge >= 0.3 is 0 Å². The minimum atomic E-state index is -0.0403. The van der Waals surface area contributed by atoms with Gasteiger partial charge in [-0.2, -0.15) is 15.5 Å². The maximum absolute atomic E-state index is 9.47. The van der Waals surface area contributed by atoms with Gasteiger partial charge in [-0.3, -0.25) is 0 Å². The lowest BCUT2D eigenvalue weighted by Gasteiger charge is -2.16. The van der Waals surface area contributed by atoms with Crippen LogP contribution in [0.2, 0.25) is 0 Å². The van der Waals surface area contributed by atoms with E-state index in [1.165, 1.54) is 0 Å². The summed E-state index contributed by atoms with van der Waals surface area (Å²) in [6.07, 6.45) is 0. The Labute approximate surface area is 202 Å². The number of para-hydroxylation sites is 2. The van der Waals surface area contributed by atoms with Crippen LogP contribution in [0.3, 0.4) is 0 Å². The van der Waals surface area contributed by atoms with E-state index in [2.05, 4.69) is 25.8 Å². The molecule has 3 aromatic carbocycles. The van der Waals surface area contributed by atoms with E-state index in [4.69, 9.17) is 5.73 Å². The average Bonchev–Trinajstić information content (AvgIpc) is 2.91. The minimum absolute atomic E-state index is 0.0403. The number of allylic oxidation sites excluding steroid dienone is 1. The second-order valence-electron chi connectivity index (χ2n) is 7.28. The van der Waals surface area contributed by atoms with Crippen LogP contribution in [-0.2, 0) is 0 Å². The first-order valence-corrected chi connectivity index (χ1v) is 10.6. The number of nitrogens with two attached hydrogens (primary N) is 1. The molecular formula is C27H20N8. The highest BCUT2D eigenvalue weighted by Crippen LogP contribution is 2.27. The van der Waals surface area contributed by atoms with Gasteiger partial charge in [0.05, 0.1) is 22.8 Å². The number of guanidine groups is 1. The first-order valence-electron chi connectivity index (χ1n) is 10.6. The van der Waals surface area contributed by atoms with E-state index in [1.807, 2.05) is 91.0 Å². The Kier molecular flexibility index (Phi) is 7.08. The first-order chi connectivity index (χ1) is 17.2. The Morgan fingerprint density at radius 1 is 0.714 bits per heavy atom. The van der Waals surface area contributed by atoms with Gasteiger partial charge in [0.1, 0.15) is 12.1 Å². The zero-order valence-corrected chi connectivity index (χ0v) is 18.6. The molecule has 0 radical (unpaired) electrons. The fourth-order valence-electron chi connectivity index (χ4n) is 3.29. The Bertz CT molecular complexity index is 1430. The molecule has 0 saturated carbocycles. The van der Waals surface area contributed by atoms with Crippen molar-refractivity contribution in [1.82, 2.24) is 10.2 Å². The van der Waals surface area contributed by atoms with E-state index in [9.17, 15) is 10.5 Å². The van der Waals surface area contributed by atoms with Crippen LogP contribution in [0, 0.1) is 22.7 Å². The van der Waals surface area contributed by atoms with Crippen LogP contribution in [-0.4, -0.2) is 16.2 Å². The maximum Gasteiger partial charge on any atom is 0.199 e. The van der Waals surface area contributed by atoms with Crippen LogP contribution < -0.4 is 16.4 Å². The van der Waals surface area contributed by atoms with Crippen LogP contribution in [0.5, 0.6) is 0 Å². The van der Waals surface area contributed by atoms with Crippen molar-refractivity contribution in [3.05, 3.63) is 108 Å². The van der Waals surface area contributed by atoms with E-state index in [0.29, 0.717) is 28.5 Å². The number of nitrogens with one attached hydrogen (secondary N) is 2. The summed E-state index contributed by atoms with van der Waals surface area (Å²) in [6.45, 7) is 0. The highest BCUT2D eigenvalue weighted by molar-refractivity contribution is 5.98. The molecule has 0 aliphatic rings. The van der Waals surface area contributed by atoms with Gasteiger partial charge in [-0.15, -0.1) is 10.2 Å². The van der Waals surface area contributed by atoms with Crippen LogP contribution >= 0.6 is 0 Å². The van der Waals surface area contributed by atoms with E-state index < -0.39 is 0 Å². The van der Waals surface area contributed by atoms with Gasteiger partial charge in [-0.1, -0.05) is 72.8 Å². The summed E-state index contributed by atoms with van der Waals surface area (Å²) in [5.41, 5.74) is 10.1. The number of rotatable bonds is 6. The highest BCUT2D eigenvalue weighted by atomic mass is 15.2. The molecule has 8 nitrogen and oxygen atoms in total. The fourth-order valence-corrected chi connectivity index (χ4v) is 3.29. The average molecular weight is 457 g/mol. The molecule has 4 aromatic rings. The molecule has 1 aromatic heterocycles. The van der Waals surface area contributed by atoms with E-state index in [1.54, 1.807) is 18.2 Å². The third-order valence-corrected chi connectivity index (χ3v) is 4.94. The standard InChI is InChI=1S/C27H20N8/c28-17-21(18-29)26(20-11-5-2-6-12-20)31-23-13-7-8-14-24(23)32-27(30)33-25-16-15-22(34-35-25)19-9-3-1-4-10-19/h1-16,31H,(H3,30,32,33,35). The normalized spacial score (nSPS) is 10.5. The lowest BCUT2D eigenvalue weighted by molar-refractivity contribution is 1.03. The fraction of sp³-hybridized carbons (Fsp3) is 0. The first kappa shape index (κ1) is 22.7. The molecule has 0 aliphatic carbocycles. The summed E-state index contributed by atoms with van der Waals surface area (Å²) in [6, 6.07) is 33.6. The predicted octanol–water partition coefficient (Wildman–Crippen LogP) is 5.07. The number of nitriles is 2. The second kappa shape index (κ2) is 10.9. The van der Waals surface area contributed by atoms with Crippen molar-refractivity contribution in [2.75, 3.05) is 10.6 Å². The molecule has 0 spiro atoms. The molecule has 8 heteroatoms. The maximum atomic E-state index is 9.47. The molecule has 168 valence electrons. The van der Waals surface area contributed by atoms with Gasteiger partial charge in [0.15, 0.2) is 17.4 Å². The van der Waals surface area contributed by atoms with Crippen molar-refractivity contribution in [3.63, 3.8) is 0 Å². The van der Waals surface area contributed by atoms with Crippen LogP contribution in [0.25, 0.3) is 17.0 Å². The number of benzene rings is 3. The molecule has 0 atom stereocenters. The summed E-state index contributed by atoms with van der Waals surface area (Å²) < 4.78 is 0. The molecule has 1 heterocycles. The van der Waals surface area contributed by atoms with Gasteiger partial charge in [0.25, 0.3) is 0 Å². The zero-order chi connectivity index (χ0) is 24.5. The summed E-state index contributed by atoms with van der Waals surface area (Å²) in [4.78, 5) is 4.30. The lowest BCUT2D eigenvalue weighted by Crippen LogP contribution is -2.22. The van der Waals surface area contributed by atoms with Crippen molar-refractivity contribution in [2.45, 2.75) is 0 Å². The molecule has 0 aliphatic heterocycles. The zero-order valence-electron chi connectivity index (χ0n) is 18.6. The van der Waals surface area contributed by atoms with E-state index in [-0.39, 0.29) is 11.5 Å². The number of nitrogens with zero attached hydrogens (tertiary/aromatic N) is 5. The molecule has 0 saturated heterocycles. The van der Waals surface area contributed by atoms with Crippen LogP contribution in [0.1, 0.15) is 5.56 Å². The number of aromatic nitrogens is 2. The summed E-state index contributed by atoms with van der Waals surface area (Å²) >= 11 is 0. The van der Waals surface area contributed by atoms with Crippen molar-refractivity contribution in [2.24, 2.45) is 10.7 Å². The van der Waals surface area contributed by atoms with Gasteiger partial charge in [-0.25, -0.2) is 0 Å². The van der Waals surface area contributed by atoms with Crippen molar-refractivity contribution in [3.8, 4) is 23.4 Å². The Balaban J connectivity index is 1.57. The molecule has 0 bridgehead atoms. The highest BCUT2D eigenvalue weighted by Gasteiger charge is 2.12. The van der Waals surface area contributed by atoms with E-state index >= 15 is 0 Å². The summed E-state index contributed by atoms with van der Waals surface area (Å²) in [7, 11) is 0. The van der Waals surface area contributed by atoms with Crippen LogP contribution in [0.15, 0.2) is 108 Å². The second-order valence-corrected chi connectivity index (χ2v) is 7.28. The summed E-state index contributed by atoms with van der Waals surface area (Å²) in [5, 5.41) is 33.5. The third-order valence-electron chi connectivity index (χ3n) is 4.94. The lowest BCUT2D eigenvalue weighted by atomic mass is 10.1. The van der Waals surface area contributed by atoms with Gasteiger partial charge < -0.3 is 16.4 Å². The summed E-state index contributed by atoms with van der Waals surface area (Å²) in [5.74, 6) is 0.452. The molecule has 4 N–H and O–H groups in total. The van der Waals surface area contributed by atoms with E-state index in [0.717, 1.165) is 11.3 Å². The predicted molar refractivity (Wildman–Crippen MR) is 137 cm³/mol. The topological polar surface area (TPSA) is 136 Å². The quantitative estimate of drug-likeness (QED) is 0.209. The Morgan fingerprint density at radius 2 is 1.31 bits per heavy atom. The Hall–Kier alpha value is -5.47. The van der Waals surface area contributed by atoms with Gasteiger partial charge in [-0.05, 0) is 24.3 Å². The molecule has 0 unspecified atom stereocenters. The SMILES string of the molecule is N#CC(C#N)=C(Nc1ccccc1NC(N)=Nc1ccc(-c2ccccc2)nn1)c1ccccc1. The molecular weight excluding hydrogens is 436 g/mol. The smallest absolute Gasteiger partial charge is 0.199 e. The monoisotopic (exact) mass is 456 g/mol. The number of hydrogen-bond donors (Lipinski definition) is 3. The minimum Gasteiger partial charge on any atom is -0.369 e. The largest absolute Gasteiger partial charge is 0.369 e. The number of anilines is 2. The molecule has 0 amide bonds. The van der Waals surface area contributed by atoms with Gasteiger partial charge in [0.2, 0.25) is 0 Å². The third kappa shape index (κ3) is 5.67. The molecule has 4 rings (SSSR count). The van der Waals surface area contributed by atoms with Crippen LogP contribution in [0.4, 0.5) is 17.2 Å². The van der Waals surface area contributed by atoms with Crippen molar-refractivity contribution in [1.29, 1.82) is 10.5 Å². The Morgan fingerprint density at radius 3 is 1.91 bits per heavy atom. The van der Waals surface area contributed by atoms with Gasteiger partial charge in [0, 0.05) is 11.1 Å².